The van der Waals surface area contributed by atoms with Crippen LogP contribution in [0.4, 0.5) is 0 Å². The van der Waals surface area contributed by atoms with E-state index in [0.717, 1.165) is 12.8 Å². The highest BCUT2D eigenvalue weighted by atomic mass is 16.5. The molecule has 0 aliphatic heterocycles. The number of Topliss-reactive ketones (excluding diaryl/α,β-unsaturated/α-hetero) is 1. The molecule has 0 amide bonds. The molecular formula is C15H26O2. The summed E-state index contributed by atoms with van der Waals surface area (Å²) in [6, 6.07) is 0. The average molecular weight is 238 g/mol. The van der Waals surface area contributed by atoms with E-state index in [9.17, 15) is 4.79 Å². The second kappa shape index (κ2) is 5.09. The molecule has 2 atom stereocenters. The van der Waals surface area contributed by atoms with Crippen molar-refractivity contribution in [2.75, 3.05) is 0 Å². The second-order valence-electron chi connectivity index (χ2n) is 6.27. The quantitative estimate of drug-likeness (QED) is 0.749. The Kier molecular flexibility index (Phi) is 3.92. The highest BCUT2D eigenvalue weighted by Gasteiger charge is 2.55. The van der Waals surface area contributed by atoms with Crippen LogP contribution < -0.4 is 0 Å². The minimum atomic E-state index is -0.0837. The highest BCUT2D eigenvalue weighted by Crippen LogP contribution is 2.50. The molecule has 0 N–H and O–H groups in total. The van der Waals surface area contributed by atoms with E-state index in [4.69, 9.17) is 4.74 Å². The maximum absolute atomic E-state index is 12.0. The van der Waals surface area contributed by atoms with Crippen LogP contribution >= 0.6 is 0 Å². The first-order chi connectivity index (χ1) is 8.06. The Morgan fingerprint density at radius 2 is 1.71 bits per heavy atom. The van der Waals surface area contributed by atoms with Gasteiger partial charge >= 0.3 is 0 Å². The van der Waals surface area contributed by atoms with Crippen molar-refractivity contribution in [1.29, 1.82) is 0 Å². The van der Waals surface area contributed by atoms with E-state index >= 15 is 0 Å². The largest absolute Gasteiger partial charge is 0.374 e. The van der Waals surface area contributed by atoms with Crippen molar-refractivity contribution in [1.82, 2.24) is 0 Å². The summed E-state index contributed by atoms with van der Waals surface area (Å²) >= 11 is 0. The molecule has 2 aliphatic rings. The summed E-state index contributed by atoms with van der Waals surface area (Å²) in [5, 5.41) is 0. The summed E-state index contributed by atoms with van der Waals surface area (Å²) in [6.07, 6.45) is 8.30. The lowest BCUT2D eigenvalue weighted by molar-refractivity contribution is -0.176. The van der Waals surface area contributed by atoms with Gasteiger partial charge in [-0.05, 0) is 25.7 Å². The third-order valence-electron chi connectivity index (χ3n) is 4.86. The van der Waals surface area contributed by atoms with E-state index in [1.165, 1.54) is 25.7 Å². The van der Waals surface area contributed by atoms with Gasteiger partial charge in [-0.3, -0.25) is 4.79 Å². The molecule has 0 aromatic rings. The summed E-state index contributed by atoms with van der Waals surface area (Å²) in [5.41, 5.74) is -0.0837. The Labute approximate surface area is 105 Å². The molecule has 0 radical (unpaired) electrons. The van der Waals surface area contributed by atoms with E-state index in [1.807, 2.05) is 0 Å². The third kappa shape index (κ3) is 2.42. The van der Waals surface area contributed by atoms with Gasteiger partial charge in [-0.15, -0.1) is 0 Å². The van der Waals surface area contributed by atoms with Crippen LogP contribution in [0.2, 0.25) is 0 Å². The van der Waals surface area contributed by atoms with Crippen molar-refractivity contribution in [2.24, 2.45) is 11.3 Å². The van der Waals surface area contributed by atoms with Gasteiger partial charge in [0.05, 0.1) is 17.6 Å². The minimum absolute atomic E-state index is 0.0837. The van der Waals surface area contributed by atoms with Crippen LogP contribution in [0, 0.1) is 11.3 Å². The fraction of sp³-hybridized carbons (Fsp3) is 0.933. The number of hydrogen-bond donors (Lipinski definition) is 0. The van der Waals surface area contributed by atoms with Crippen LogP contribution in [0.15, 0.2) is 0 Å². The molecule has 2 rings (SSSR count). The molecule has 98 valence electrons. The molecule has 2 unspecified atom stereocenters. The van der Waals surface area contributed by atoms with Gasteiger partial charge in [0.2, 0.25) is 0 Å². The van der Waals surface area contributed by atoms with Crippen molar-refractivity contribution >= 4 is 5.78 Å². The lowest BCUT2D eigenvalue weighted by atomic mass is 9.60. The molecule has 2 saturated carbocycles. The van der Waals surface area contributed by atoms with Crippen LogP contribution in [-0.4, -0.2) is 18.0 Å². The van der Waals surface area contributed by atoms with Gasteiger partial charge in [-0.2, -0.15) is 0 Å². The molecule has 2 aliphatic carbocycles. The smallest absolute Gasteiger partial charge is 0.144 e. The number of carbonyl (C=O) groups is 1. The Bertz CT molecular complexity index is 275. The van der Waals surface area contributed by atoms with Crippen molar-refractivity contribution in [2.45, 2.75) is 77.9 Å². The minimum Gasteiger partial charge on any atom is -0.374 e. The normalized spacial score (nSPS) is 30.1. The predicted molar refractivity (Wildman–Crippen MR) is 68.9 cm³/mol. The topological polar surface area (TPSA) is 26.3 Å². The first-order valence-electron chi connectivity index (χ1n) is 7.25. The van der Waals surface area contributed by atoms with Crippen LogP contribution in [0.1, 0.15) is 65.7 Å². The van der Waals surface area contributed by atoms with Crippen molar-refractivity contribution in [3.8, 4) is 0 Å². The van der Waals surface area contributed by atoms with Crippen molar-refractivity contribution < 1.29 is 9.53 Å². The monoisotopic (exact) mass is 238 g/mol. The van der Waals surface area contributed by atoms with Gasteiger partial charge in [0.1, 0.15) is 5.78 Å². The summed E-state index contributed by atoms with van der Waals surface area (Å²) in [4.78, 5) is 12.0. The molecular weight excluding hydrogens is 212 g/mol. The lowest BCUT2D eigenvalue weighted by Gasteiger charge is -2.48. The fourth-order valence-electron chi connectivity index (χ4n) is 3.17. The predicted octanol–water partition coefficient (Wildman–Crippen LogP) is 3.73. The summed E-state index contributed by atoms with van der Waals surface area (Å²) < 4.78 is 6.15. The standard InChI is InChI=1S/C15H26O2/c1-11(2)12(3)17-14-10-13(16)15(14)8-6-4-5-7-9-15/h11-12,14H,4-10H2,1-3H3. The maximum atomic E-state index is 12.0. The summed E-state index contributed by atoms with van der Waals surface area (Å²) in [5.74, 6) is 1.01. The first kappa shape index (κ1) is 13.1. The Morgan fingerprint density at radius 1 is 1.12 bits per heavy atom. The second-order valence-corrected chi connectivity index (χ2v) is 6.27. The lowest BCUT2D eigenvalue weighted by Crippen LogP contribution is -2.56. The van der Waals surface area contributed by atoms with E-state index in [2.05, 4.69) is 20.8 Å². The number of hydrogen-bond acceptors (Lipinski definition) is 2. The molecule has 1 spiro atoms. The number of ketones is 1. The Balaban J connectivity index is 2.01. The zero-order chi connectivity index (χ0) is 12.5. The SMILES string of the molecule is CC(C)C(C)OC1CC(=O)C12CCCCCC2. The van der Waals surface area contributed by atoms with Crippen LogP contribution in [-0.2, 0) is 9.53 Å². The number of carbonyl (C=O) groups excluding carboxylic acids is 1. The van der Waals surface area contributed by atoms with Gasteiger partial charge in [-0.1, -0.05) is 39.5 Å². The molecule has 0 aromatic carbocycles. The Morgan fingerprint density at radius 3 is 2.18 bits per heavy atom. The third-order valence-corrected chi connectivity index (χ3v) is 4.86. The number of ether oxygens (including phenoxy) is 1. The number of rotatable bonds is 3. The van der Waals surface area contributed by atoms with E-state index in [1.54, 1.807) is 0 Å². The summed E-state index contributed by atoms with van der Waals surface area (Å²) in [6.45, 7) is 6.51. The molecule has 17 heavy (non-hydrogen) atoms. The van der Waals surface area contributed by atoms with Crippen molar-refractivity contribution in [3.63, 3.8) is 0 Å². The molecule has 2 fully saturated rings. The Hall–Kier alpha value is -0.370. The molecule has 0 aromatic heterocycles. The highest BCUT2D eigenvalue weighted by molar-refractivity contribution is 5.92. The van der Waals surface area contributed by atoms with Gasteiger partial charge < -0.3 is 4.74 Å². The zero-order valence-corrected chi connectivity index (χ0v) is 11.5. The van der Waals surface area contributed by atoms with E-state index < -0.39 is 0 Å². The van der Waals surface area contributed by atoms with Crippen LogP contribution in [0.25, 0.3) is 0 Å². The van der Waals surface area contributed by atoms with Crippen LogP contribution in [0.5, 0.6) is 0 Å². The maximum Gasteiger partial charge on any atom is 0.144 e. The molecule has 2 heteroatoms. The molecule has 2 nitrogen and oxygen atoms in total. The van der Waals surface area contributed by atoms with E-state index in [-0.39, 0.29) is 17.6 Å². The average Bonchev–Trinajstić information content (AvgIpc) is 2.55. The fourth-order valence-corrected chi connectivity index (χ4v) is 3.17. The van der Waals surface area contributed by atoms with Crippen molar-refractivity contribution in [3.05, 3.63) is 0 Å². The first-order valence-corrected chi connectivity index (χ1v) is 7.25. The zero-order valence-electron chi connectivity index (χ0n) is 11.5. The molecule has 0 saturated heterocycles. The van der Waals surface area contributed by atoms with Gasteiger partial charge in [0.15, 0.2) is 0 Å². The van der Waals surface area contributed by atoms with Crippen LogP contribution in [0.3, 0.4) is 0 Å². The van der Waals surface area contributed by atoms with Gasteiger partial charge in [0, 0.05) is 6.42 Å². The molecule has 0 bridgehead atoms. The van der Waals surface area contributed by atoms with Gasteiger partial charge in [-0.25, -0.2) is 0 Å². The summed E-state index contributed by atoms with van der Waals surface area (Å²) in [7, 11) is 0. The van der Waals surface area contributed by atoms with Gasteiger partial charge in [0.25, 0.3) is 0 Å². The molecule has 0 heterocycles. The van der Waals surface area contributed by atoms with E-state index in [0.29, 0.717) is 18.1 Å².